The van der Waals surface area contributed by atoms with Crippen LogP contribution in [0.25, 0.3) is 0 Å². The number of carbonyl (C=O) groups is 1. The molecule has 26 heavy (non-hydrogen) atoms. The topological polar surface area (TPSA) is 78.1 Å². The first kappa shape index (κ1) is 19.2. The van der Waals surface area contributed by atoms with E-state index in [0.29, 0.717) is 28.7 Å². The number of anilines is 1. The summed E-state index contributed by atoms with van der Waals surface area (Å²) >= 11 is 0. The van der Waals surface area contributed by atoms with Crippen molar-refractivity contribution in [3.63, 3.8) is 0 Å². The summed E-state index contributed by atoms with van der Waals surface area (Å²) in [6, 6.07) is 10.1. The predicted octanol–water partition coefficient (Wildman–Crippen LogP) is 3.60. The third-order valence-electron chi connectivity index (χ3n) is 3.90. The van der Waals surface area contributed by atoms with Crippen molar-refractivity contribution >= 4 is 11.7 Å². The lowest BCUT2D eigenvalue weighted by molar-refractivity contribution is 0.249. The maximum Gasteiger partial charge on any atom is 0.319 e. The van der Waals surface area contributed by atoms with E-state index in [1.165, 1.54) is 0 Å². The van der Waals surface area contributed by atoms with Crippen LogP contribution < -0.4 is 29.6 Å². The molecule has 0 bridgehead atoms. The molecule has 0 spiro atoms. The average molecular weight is 360 g/mol. The number of amides is 2. The molecule has 0 aliphatic carbocycles. The molecular formula is C19H24N2O5. The summed E-state index contributed by atoms with van der Waals surface area (Å²) in [6.07, 6.45) is 0. The van der Waals surface area contributed by atoms with Gasteiger partial charge in [0.05, 0.1) is 34.5 Å². The third-order valence-corrected chi connectivity index (χ3v) is 3.90. The van der Waals surface area contributed by atoms with Gasteiger partial charge in [0.2, 0.25) is 0 Å². The van der Waals surface area contributed by atoms with Crippen LogP contribution in [0.1, 0.15) is 18.5 Å². The van der Waals surface area contributed by atoms with Gasteiger partial charge in [0, 0.05) is 11.8 Å². The molecule has 2 N–H and O–H groups in total. The highest BCUT2D eigenvalue weighted by molar-refractivity contribution is 5.90. The van der Waals surface area contributed by atoms with Gasteiger partial charge in [-0.25, -0.2) is 4.79 Å². The van der Waals surface area contributed by atoms with Gasteiger partial charge < -0.3 is 29.6 Å². The van der Waals surface area contributed by atoms with Gasteiger partial charge in [-0.1, -0.05) is 6.07 Å². The molecular weight excluding hydrogens is 336 g/mol. The molecule has 0 unspecified atom stereocenters. The number of hydrogen-bond donors (Lipinski definition) is 2. The van der Waals surface area contributed by atoms with Crippen molar-refractivity contribution in [2.75, 3.05) is 33.8 Å². The molecule has 1 atom stereocenters. The average Bonchev–Trinajstić information content (AvgIpc) is 2.66. The second-order valence-electron chi connectivity index (χ2n) is 5.50. The zero-order chi connectivity index (χ0) is 19.1. The Morgan fingerprint density at radius 1 is 0.808 bits per heavy atom. The van der Waals surface area contributed by atoms with Crippen LogP contribution in [-0.4, -0.2) is 34.5 Å². The highest BCUT2D eigenvalue weighted by Gasteiger charge is 2.13. The van der Waals surface area contributed by atoms with Gasteiger partial charge in [-0.05, 0) is 36.8 Å². The number of ether oxygens (including phenoxy) is 4. The van der Waals surface area contributed by atoms with E-state index in [2.05, 4.69) is 10.6 Å². The largest absolute Gasteiger partial charge is 0.493 e. The van der Waals surface area contributed by atoms with E-state index in [4.69, 9.17) is 18.9 Å². The first-order valence-corrected chi connectivity index (χ1v) is 8.03. The Balaban J connectivity index is 2.05. The molecule has 140 valence electrons. The molecule has 0 fully saturated rings. The standard InChI is InChI=1S/C19H24N2O5/c1-12(13-6-8-15(23-2)17(10-13)25-4)20-19(22)21-14-7-9-16(24-3)18(11-14)26-5/h6-12H,1-5H3,(H2,20,21,22)/t12-/m0/s1. The van der Waals surface area contributed by atoms with E-state index >= 15 is 0 Å². The van der Waals surface area contributed by atoms with Crippen LogP contribution in [0.15, 0.2) is 36.4 Å². The smallest absolute Gasteiger partial charge is 0.319 e. The lowest BCUT2D eigenvalue weighted by Crippen LogP contribution is -2.31. The molecule has 7 nitrogen and oxygen atoms in total. The van der Waals surface area contributed by atoms with Crippen molar-refractivity contribution in [1.29, 1.82) is 0 Å². The number of urea groups is 1. The van der Waals surface area contributed by atoms with Crippen LogP contribution in [0.5, 0.6) is 23.0 Å². The van der Waals surface area contributed by atoms with E-state index in [9.17, 15) is 4.79 Å². The summed E-state index contributed by atoms with van der Waals surface area (Å²) in [6.45, 7) is 1.88. The number of methoxy groups -OCH3 is 4. The first-order valence-electron chi connectivity index (χ1n) is 8.03. The maximum atomic E-state index is 12.3. The van der Waals surface area contributed by atoms with Crippen LogP contribution in [0.4, 0.5) is 10.5 Å². The first-order chi connectivity index (χ1) is 12.5. The molecule has 2 rings (SSSR count). The number of nitrogens with one attached hydrogen (secondary N) is 2. The summed E-state index contributed by atoms with van der Waals surface area (Å²) in [5, 5.41) is 5.66. The molecule has 2 aromatic rings. The predicted molar refractivity (Wildman–Crippen MR) is 99.7 cm³/mol. The maximum absolute atomic E-state index is 12.3. The highest BCUT2D eigenvalue weighted by Crippen LogP contribution is 2.31. The number of carbonyl (C=O) groups excluding carboxylic acids is 1. The van der Waals surface area contributed by atoms with Gasteiger partial charge >= 0.3 is 6.03 Å². The highest BCUT2D eigenvalue weighted by atomic mass is 16.5. The van der Waals surface area contributed by atoms with E-state index in [1.807, 2.05) is 19.1 Å². The van der Waals surface area contributed by atoms with Crippen molar-refractivity contribution in [1.82, 2.24) is 5.32 Å². The molecule has 0 heterocycles. The van der Waals surface area contributed by atoms with Gasteiger partial charge in [-0.3, -0.25) is 0 Å². The number of hydrogen-bond acceptors (Lipinski definition) is 5. The molecule has 0 aliphatic heterocycles. The second kappa shape index (κ2) is 8.84. The molecule has 2 aromatic carbocycles. The van der Waals surface area contributed by atoms with Gasteiger partial charge in [0.1, 0.15) is 0 Å². The van der Waals surface area contributed by atoms with E-state index in [1.54, 1.807) is 52.7 Å². The summed E-state index contributed by atoms with van der Waals surface area (Å²) in [5.41, 5.74) is 1.49. The van der Waals surface area contributed by atoms with Gasteiger partial charge in [0.15, 0.2) is 23.0 Å². The lowest BCUT2D eigenvalue weighted by Gasteiger charge is -2.17. The van der Waals surface area contributed by atoms with Gasteiger partial charge in [-0.2, -0.15) is 0 Å². The normalized spacial score (nSPS) is 11.3. The van der Waals surface area contributed by atoms with Crippen LogP contribution in [-0.2, 0) is 0 Å². The van der Waals surface area contributed by atoms with E-state index in [0.717, 1.165) is 5.56 Å². The Labute approximate surface area is 153 Å². The van der Waals surface area contributed by atoms with Crippen LogP contribution in [0.2, 0.25) is 0 Å². The van der Waals surface area contributed by atoms with Crippen LogP contribution in [0, 0.1) is 0 Å². The Morgan fingerprint density at radius 3 is 1.92 bits per heavy atom. The minimum Gasteiger partial charge on any atom is -0.493 e. The quantitative estimate of drug-likeness (QED) is 0.789. The molecule has 0 aromatic heterocycles. The monoisotopic (exact) mass is 360 g/mol. The zero-order valence-corrected chi connectivity index (χ0v) is 15.6. The SMILES string of the molecule is COc1ccc(NC(=O)N[C@@H](C)c2ccc(OC)c(OC)c2)cc1OC. The fraction of sp³-hybridized carbons (Fsp3) is 0.316. The molecule has 2 amide bonds. The van der Waals surface area contributed by atoms with Crippen molar-refractivity contribution in [2.24, 2.45) is 0 Å². The fourth-order valence-corrected chi connectivity index (χ4v) is 2.48. The van der Waals surface area contributed by atoms with Gasteiger partial charge in [0.25, 0.3) is 0 Å². The minimum absolute atomic E-state index is 0.227. The van der Waals surface area contributed by atoms with Crippen molar-refractivity contribution in [2.45, 2.75) is 13.0 Å². The van der Waals surface area contributed by atoms with E-state index in [-0.39, 0.29) is 12.1 Å². The summed E-state index contributed by atoms with van der Waals surface area (Å²) in [4.78, 5) is 12.3. The van der Waals surface area contributed by atoms with Crippen molar-refractivity contribution in [3.8, 4) is 23.0 Å². The molecule has 0 radical (unpaired) electrons. The molecule has 0 saturated carbocycles. The summed E-state index contributed by atoms with van der Waals surface area (Å²) < 4.78 is 20.9. The zero-order valence-electron chi connectivity index (χ0n) is 15.6. The summed E-state index contributed by atoms with van der Waals surface area (Å²) in [7, 11) is 6.25. The minimum atomic E-state index is -0.334. The van der Waals surface area contributed by atoms with Crippen molar-refractivity contribution in [3.05, 3.63) is 42.0 Å². The van der Waals surface area contributed by atoms with Crippen LogP contribution >= 0.6 is 0 Å². The Hall–Kier alpha value is -3.09. The summed E-state index contributed by atoms with van der Waals surface area (Å²) in [5.74, 6) is 2.38. The number of rotatable bonds is 7. The van der Waals surface area contributed by atoms with E-state index < -0.39 is 0 Å². The number of benzene rings is 2. The fourth-order valence-electron chi connectivity index (χ4n) is 2.48. The Morgan fingerprint density at radius 2 is 1.35 bits per heavy atom. The molecule has 0 saturated heterocycles. The third kappa shape index (κ3) is 4.50. The Kier molecular flexibility index (Phi) is 6.54. The lowest BCUT2D eigenvalue weighted by atomic mass is 10.1. The molecule has 7 heteroatoms. The molecule has 0 aliphatic rings. The Bertz CT molecular complexity index is 764. The second-order valence-corrected chi connectivity index (χ2v) is 5.50. The van der Waals surface area contributed by atoms with Gasteiger partial charge in [-0.15, -0.1) is 0 Å². The van der Waals surface area contributed by atoms with Crippen LogP contribution in [0.3, 0.4) is 0 Å². The van der Waals surface area contributed by atoms with Crippen molar-refractivity contribution < 1.29 is 23.7 Å².